The van der Waals surface area contributed by atoms with Crippen LogP contribution in [0.5, 0.6) is 0 Å². The van der Waals surface area contributed by atoms with Crippen LogP contribution in [0.3, 0.4) is 0 Å². The highest BCUT2D eigenvalue weighted by atomic mass is 32.1. The minimum atomic E-state index is -0.734. The minimum Gasteiger partial charge on any atom is -0.444 e. The summed E-state index contributed by atoms with van der Waals surface area (Å²) in [7, 11) is 0. The van der Waals surface area contributed by atoms with E-state index in [1.54, 1.807) is 34.6 Å². The molecule has 1 aliphatic rings. The molecule has 8 nitrogen and oxygen atoms in total. The van der Waals surface area contributed by atoms with Crippen LogP contribution in [0.25, 0.3) is 32.5 Å². The molecule has 5 rings (SSSR count). The number of benzene rings is 1. The molecule has 9 heteroatoms. The van der Waals surface area contributed by atoms with Gasteiger partial charge in [-0.1, -0.05) is 6.07 Å². The Balaban J connectivity index is 1.33. The molecule has 0 saturated carbocycles. The van der Waals surface area contributed by atoms with Crippen LogP contribution in [-0.2, 0) is 4.74 Å². The number of nitrogens with zero attached hydrogens (tertiary/aromatic N) is 3. The van der Waals surface area contributed by atoms with E-state index in [0.717, 1.165) is 10.1 Å². The van der Waals surface area contributed by atoms with Crippen molar-refractivity contribution in [1.29, 1.82) is 0 Å². The van der Waals surface area contributed by atoms with E-state index in [0.29, 0.717) is 53.9 Å². The molecule has 1 atom stereocenters. The second kappa shape index (κ2) is 9.05. The first-order chi connectivity index (χ1) is 16.7. The molecule has 0 spiro atoms. The number of likely N-dealkylation sites (tertiary alicyclic amines) is 1. The van der Waals surface area contributed by atoms with Gasteiger partial charge >= 0.3 is 6.09 Å². The number of H-pyrrole nitrogens is 1. The van der Waals surface area contributed by atoms with Gasteiger partial charge in [0.2, 0.25) is 0 Å². The first-order valence-corrected chi connectivity index (χ1v) is 12.6. The minimum absolute atomic E-state index is 0.0148. The van der Waals surface area contributed by atoms with E-state index in [-0.39, 0.29) is 17.6 Å². The summed E-state index contributed by atoms with van der Waals surface area (Å²) in [6, 6.07) is 9.23. The van der Waals surface area contributed by atoms with Gasteiger partial charge in [0, 0.05) is 19.3 Å². The second-order valence-corrected chi connectivity index (χ2v) is 10.9. The Labute approximate surface area is 206 Å². The van der Waals surface area contributed by atoms with E-state index in [2.05, 4.69) is 15.0 Å². The lowest BCUT2D eigenvalue weighted by atomic mass is 9.87. The van der Waals surface area contributed by atoms with E-state index < -0.39 is 11.7 Å². The average Bonchev–Trinajstić information content (AvgIpc) is 3.30. The SMILES string of the molecule is CC(C)(C)OC(=O)N1CCC(C(O)c2ccc3nc(-c4cc5ccsc5cn4)[nH]c(=O)c3c2)CC1. The number of fused-ring (bicyclic) bond motifs is 2. The molecule has 1 amide bonds. The van der Waals surface area contributed by atoms with E-state index in [1.807, 2.05) is 44.4 Å². The Morgan fingerprint density at radius 1 is 1.23 bits per heavy atom. The van der Waals surface area contributed by atoms with Gasteiger partial charge in [-0.2, -0.15) is 0 Å². The molecule has 3 aromatic heterocycles. The van der Waals surface area contributed by atoms with Gasteiger partial charge in [-0.05, 0) is 80.1 Å². The molecule has 1 unspecified atom stereocenters. The second-order valence-electron chi connectivity index (χ2n) is 9.97. The van der Waals surface area contributed by atoms with Crippen LogP contribution in [0.2, 0.25) is 0 Å². The zero-order valence-electron chi connectivity index (χ0n) is 19.9. The van der Waals surface area contributed by atoms with Gasteiger partial charge in [0.05, 0.1) is 21.7 Å². The largest absolute Gasteiger partial charge is 0.444 e. The fourth-order valence-electron chi connectivity index (χ4n) is 4.46. The lowest BCUT2D eigenvalue weighted by Gasteiger charge is -2.35. The van der Waals surface area contributed by atoms with Crippen molar-refractivity contribution in [3.05, 3.63) is 57.8 Å². The summed E-state index contributed by atoms with van der Waals surface area (Å²) in [4.78, 5) is 38.8. The number of aromatic amines is 1. The number of carbonyl (C=O) groups excluding carboxylic acids is 1. The fourth-order valence-corrected chi connectivity index (χ4v) is 5.19. The highest BCUT2D eigenvalue weighted by Gasteiger charge is 2.30. The number of hydrogen-bond acceptors (Lipinski definition) is 7. The van der Waals surface area contributed by atoms with Crippen LogP contribution in [0.15, 0.2) is 46.7 Å². The maximum atomic E-state index is 12.9. The number of piperidine rings is 1. The van der Waals surface area contributed by atoms with Crippen LogP contribution in [0, 0.1) is 5.92 Å². The zero-order valence-corrected chi connectivity index (χ0v) is 20.8. The Morgan fingerprint density at radius 3 is 2.74 bits per heavy atom. The molecule has 4 heterocycles. The molecule has 2 N–H and O–H groups in total. The Bertz CT molecular complexity index is 1450. The van der Waals surface area contributed by atoms with E-state index in [1.165, 1.54) is 0 Å². The van der Waals surface area contributed by atoms with Gasteiger partial charge in [-0.3, -0.25) is 9.78 Å². The first-order valence-electron chi connectivity index (χ1n) is 11.7. The molecule has 182 valence electrons. The Morgan fingerprint density at radius 2 is 2.00 bits per heavy atom. The van der Waals surface area contributed by atoms with Gasteiger partial charge in [0.1, 0.15) is 11.3 Å². The lowest BCUT2D eigenvalue weighted by Crippen LogP contribution is -2.42. The summed E-state index contributed by atoms with van der Waals surface area (Å²) in [5.41, 5.74) is 1.02. The predicted molar refractivity (Wildman–Crippen MR) is 136 cm³/mol. The number of rotatable bonds is 3. The van der Waals surface area contributed by atoms with E-state index >= 15 is 0 Å². The third-order valence-electron chi connectivity index (χ3n) is 6.29. The van der Waals surface area contributed by atoms with Crippen molar-refractivity contribution in [2.75, 3.05) is 13.1 Å². The standard InChI is InChI=1S/C26H28N4O4S/c1-26(2,3)34-25(33)30-9-6-15(7-10-30)22(31)17-4-5-19-18(12-17)24(32)29-23(28-19)20-13-16-8-11-35-21(16)14-27-20/h4-5,8,11-15,22,31H,6-7,9-10H2,1-3H3,(H,28,29,32). The highest BCUT2D eigenvalue weighted by Crippen LogP contribution is 2.32. The summed E-state index contributed by atoms with van der Waals surface area (Å²) in [5.74, 6) is 0.400. The molecule has 0 bridgehead atoms. The summed E-state index contributed by atoms with van der Waals surface area (Å²) >= 11 is 1.61. The van der Waals surface area contributed by atoms with Crippen molar-refractivity contribution in [3.63, 3.8) is 0 Å². The summed E-state index contributed by atoms with van der Waals surface area (Å²) in [6.45, 7) is 6.59. The third-order valence-corrected chi connectivity index (χ3v) is 7.16. The van der Waals surface area contributed by atoms with Crippen molar-refractivity contribution in [2.24, 2.45) is 5.92 Å². The van der Waals surface area contributed by atoms with Crippen molar-refractivity contribution >= 4 is 38.4 Å². The normalized spacial score (nSPS) is 16.1. The topological polar surface area (TPSA) is 108 Å². The summed E-state index contributed by atoms with van der Waals surface area (Å²) in [6.07, 6.45) is 2.04. The van der Waals surface area contributed by atoms with Crippen molar-refractivity contribution < 1.29 is 14.6 Å². The quantitative estimate of drug-likeness (QED) is 0.422. The van der Waals surface area contributed by atoms with Gasteiger partial charge in [0.25, 0.3) is 5.56 Å². The molecule has 0 radical (unpaired) electrons. The predicted octanol–water partition coefficient (Wildman–Crippen LogP) is 4.88. The van der Waals surface area contributed by atoms with Gasteiger partial charge in [-0.25, -0.2) is 9.78 Å². The highest BCUT2D eigenvalue weighted by molar-refractivity contribution is 7.17. The lowest BCUT2D eigenvalue weighted by molar-refractivity contribution is 0.00768. The van der Waals surface area contributed by atoms with Gasteiger partial charge < -0.3 is 19.7 Å². The van der Waals surface area contributed by atoms with Crippen molar-refractivity contribution in [3.8, 4) is 11.5 Å². The molecule has 1 saturated heterocycles. The monoisotopic (exact) mass is 492 g/mol. The number of aliphatic hydroxyl groups excluding tert-OH is 1. The number of pyridine rings is 1. The number of thiophene rings is 1. The average molecular weight is 493 g/mol. The molecule has 1 aliphatic heterocycles. The maximum Gasteiger partial charge on any atom is 0.410 e. The molecule has 0 aliphatic carbocycles. The number of carbonyl (C=O) groups is 1. The number of amides is 1. The molecule has 1 aromatic carbocycles. The van der Waals surface area contributed by atoms with E-state index in [4.69, 9.17) is 4.74 Å². The smallest absolute Gasteiger partial charge is 0.410 e. The molecule has 4 aromatic rings. The Hall–Kier alpha value is -3.30. The molecular weight excluding hydrogens is 464 g/mol. The van der Waals surface area contributed by atoms with Crippen LogP contribution in [-0.4, -0.2) is 49.7 Å². The number of aliphatic hydroxyl groups is 1. The van der Waals surface area contributed by atoms with Crippen LogP contribution < -0.4 is 5.56 Å². The fraction of sp³-hybridized carbons (Fsp3) is 0.385. The van der Waals surface area contributed by atoms with Crippen molar-refractivity contribution in [2.45, 2.75) is 45.3 Å². The van der Waals surface area contributed by atoms with Crippen LogP contribution >= 0.6 is 11.3 Å². The summed E-state index contributed by atoms with van der Waals surface area (Å²) < 4.78 is 6.53. The maximum absolute atomic E-state index is 12.9. The third kappa shape index (κ3) is 4.92. The molecule has 35 heavy (non-hydrogen) atoms. The summed E-state index contributed by atoms with van der Waals surface area (Å²) in [5, 5.41) is 14.5. The zero-order chi connectivity index (χ0) is 24.7. The van der Waals surface area contributed by atoms with Crippen LogP contribution in [0.4, 0.5) is 4.79 Å². The number of ether oxygens (including phenoxy) is 1. The molecular formula is C26H28N4O4S. The van der Waals surface area contributed by atoms with Crippen molar-refractivity contribution in [1.82, 2.24) is 19.9 Å². The first kappa shape index (κ1) is 23.4. The molecule has 1 fully saturated rings. The van der Waals surface area contributed by atoms with Gasteiger partial charge in [-0.15, -0.1) is 11.3 Å². The van der Waals surface area contributed by atoms with E-state index in [9.17, 15) is 14.7 Å². The number of nitrogens with one attached hydrogen (secondary N) is 1. The van der Waals surface area contributed by atoms with Crippen LogP contribution in [0.1, 0.15) is 45.3 Å². The Kier molecular flexibility index (Phi) is 6.06. The van der Waals surface area contributed by atoms with Gasteiger partial charge in [0.15, 0.2) is 5.82 Å². The number of hydrogen-bond donors (Lipinski definition) is 2. The number of aromatic nitrogens is 3.